The minimum absolute atomic E-state index is 0.170. The number of aromatic nitrogens is 3. The lowest BCUT2D eigenvalue weighted by Gasteiger charge is -2.09. The number of amides is 1. The number of nitrogens with one attached hydrogen (secondary N) is 1. The summed E-state index contributed by atoms with van der Waals surface area (Å²) in [5.41, 5.74) is 2.66. The Hall–Kier alpha value is -4.07. The normalized spacial score (nSPS) is 10.7. The van der Waals surface area contributed by atoms with Crippen molar-refractivity contribution in [1.29, 1.82) is 0 Å². The largest absolute Gasteiger partial charge is 0.466 e. The van der Waals surface area contributed by atoms with E-state index in [1.165, 1.54) is 37.4 Å². The first-order valence-corrected chi connectivity index (χ1v) is 9.39. The van der Waals surface area contributed by atoms with Crippen molar-refractivity contribution >= 4 is 11.6 Å². The van der Waals surface area contributed by atoms with Crippen molar-refractivity contribution in [2.45, 2.75) is 6.92 Å². The van der Waals surface area contributed by atoms with Crippen LogP contribution in [0.5, 0.6) is 6.01 Å². The summed E-state index contributed by atoms with van der Waals surface area (Å²) in [6.07, 6.45) is 0. The number of hydrogen-bond donors (Lipinski definition) is 1. The average Bonchev–Trinajstić information content (AvgIpc) is 3.21. The van der Waals surface area contributed by atoms with E-state index in [1.54, 1.807) is 48.0 Å². The fourth-order valence-electron chi connectivity index (χ4n) is 3.02. The molecular formula is C23H18F2N4O2. The Morgan fingerprint density at radius 3 is 2.35 bits per heavy atom. The second-order valence-corrected chi connectivity index (χ2v) is 6.81. The number of carbonyl (C=O) groups is 1. The van der Waals surface area contributed by atoms with Crippen LogP contribution >= 0.6 is 0 Å². The summed E-state index contributed by atoms with van der Waals surface area (Å²) in [4.78, 5) is 16.8. The molecule has 0 aliphatic carbocycles. The Morgan fingerprint density at radius 2 is 1.71 bits per heavy atom. The maximum absolute atomic E-state index is 13.4. The topological polar surface area (TPSA) is 69.0 Å². The van der Waals surface area contributed by atoms with Gasteiger partial charge in [0.05, 0.1) is 12.8 Å². The van der Waals surface area contributed by atoms with Crippen molar-refractivity contribution < 1.29 is 18.3 Å². The van der Waals surface area contributed by atoms with Crippen molar-refractivity contribution in [2.75, 3.05) is 12.4 Å². The van der Waals surface area contributed by atoms with E-state index in [0.717, 1.165) is 0 Å². The number of hydrogen-bond acceptors (Lipinski definition) is 4. The van der Waals surface area contributed by atoms with Crippen LogP contribution in [0.4, 0.5) is 14.5 Å². The van der Waals surface area contributed by atoms with Gasteiger partial charge in [-0.25, -0.2) is 13.5 Å². The molecule has 0 atom stereocenters. The predicted octanol–water partition coefficient (Wildman–Crippen LogP) is 4.78. The third kappa shape index (κ3) is 4.28. The molecule has 1 amide bonds. The molecule has 3 aromatic carbocycles. The molecular weight excluding hydrogens is 402 g/mol. The highest BCUT2D eigenvalue weighted by molar-refractivity contribution is 6.04. The fraction of sp³-hybridized carbons (Fsp3) is 0.0870. The van der Waals surface area contributed by atoms with Gasteiger partial charge in [-0.1, -0.05) is 0 Å². The van der Waals surface area contributed by atoms with Crippen LogP contribution in [-0.4, -0.2) is 27.8 Å². The van der Waals surface area contributed by atoms with Crippen molar-refractivity contribution in [3.05, 3.63) is 89.5 Å². The molecule has 4 aromatic rings. The molecule has 1 N–H and O–H groups in total. The van der Waals surface area contributed by atoms with E-state index in [2.05, 4.69) is 15.4 Å². The van der Waals surface area contributed by atoms with Gasteiger partial charge >= 0.3 is 6.01 Å². The number of aryl methyl sites for hydroxylation is 1. The number of rotatable bonds is 5. The van der Waals surface area contributed by atoms with E-state index in [-0.39, 0.29) is 23.6 Å². The number of halogens is 2. The molecule has 1 heterocycles. The molecule has 8 heteroatoms. The first kappa shape index (κ1) is 20.2. The van der Waals surface area contributed by atoms with Gasteiger partial charge in [0.2, 0.25) is 0 Å². The van der Waals surface area contributed by atoms with Crippen molar-refractivity contribution in [3.8, 4) is 23.1 Å². The summed E-state index contributed by atoms with van der Waals surface area (Å²) in [7, 11) is 1.46. The number of anilines is 1. The molecule has 0 spiro atoms. The molecule has 0 saturated carbocycles. The molecule has 0 radical (unpaired) electrons. The van der Waals surface area contributed by atoms with Gasteiger partial charge in [0.15, 0.2) is 5.82 Å². The summed E-state index contributed by atoms with van der Waals surface area (Å²) >= 11 is 0. The monoisotopic (exact) mass is 420 g/mol. The van der Waals surface area contributed by atoms with Crippen molar-refractivity contribution in [2.24, 2.45) is 0 Å². The maximum atomic E-state index is 13.4. The molecule has 156 valence electrons. The Morgan fingerprint density at radius 1 is 1.00 bits per heavy atom. The number of ether oxygens (including phenoxy) is 1. The van der Waals surface area contributed by atoms with Crippen LogP contribution in [0.2, 0.25) is 0 Å². The van der Waals surface area contributed by atoms with Gasteiger partial charge in [0.1, 0.15) is 11.6 Å². The minimum atomic E-state index is -0.360. The van der Waals surface area contributed by atoms with Gasteiger partial charge in [-0.05, 0) is 79.2 Å². The summed E-state index contributed by atoms with van der Waals surface area (Å²) in [6.45, 7) is 1.60. The van der Waals surface area contributed by atoms with E-state index < -0.39 is 0 Å². The van der Waals surface area contributed by atoms with Crippen LogP contribution in [0.1, 0.15) is 15.9 Å². The zero-order chi connectivity index (χ0) is 22.0. The lowest BCUT2D eigenvalue weighted by Crippen LogP contribution is -2.12. The van der Waals surface area contributed by atoms with Gasteiger partial charge in [0, 0.05) is 16.8 Å². The number of benzene rings is 3. The molecule has 0 aliphatic rings. The first-order chi connectivity index (χ1) is 14.9. The Kier molecular flexibility index (Phi) is 5.44. The first-order valence-electron chi connectivity index (χ1n) is 9.39. The van der Waals surface area contributed by atoms with Crippen LogP contribution < -0.4 is 10.1 Å². The summed E-state index contributed by atoms with van der Waals surface area (Å²) in [5, 5.41) is 7.10. The van der Waals surface area contributed by atoms with Gasteiger partial charge in [-0.15, -0.1) is 5.10 Å². The van der Waals surface area contributed by atoms with Crippen molar-refractivity contribution in [1.82, 2.24) is 14.8 Å². The number of carbonyl (C=O) groups excluding carboxylic acids is 1. The summed E-state index contributed by atoms with van der Waals surface area (Å²) in [6, 6.07) is 17.2. The van der Waals surface area contributed by atoms with Crippen molar-refractivity contribution in [3.63, 3.8) is 0 Å². The van der Waals surface area contributed by atoms with Gasteiger partial charge in [0.25, 0.3) is 5.91 Å². The van der Waals surface area contributed by atoms with Crippen LogP contribution in [0.15, 0.2) is 66.7 Å². The third-order valence-corrected chi connectivity index (χ3v) is 4.66. The average molecular weight is 420 g/mol. The molecule has 0 unspecified atom stereocenters. The van der Waals surface area contributed by atoms with Gasteiger partial charge in [-0.3, -0.25) is 4.79 Å². The lowest BCUT2D eigenvalue weighted by atomic mass is 10.1. The minimum Gasteiger partial charge on any atom is -0.466 e. The fourth-order valence-corrected chi connectivity index (χ4v) is 3.02. The van der Waals surface area contributed by atoms with E-state index >= 15 is 0 Å². The quantitative estimate of drug-likeness (QED) is 0.504. The molecule has 1 aromatic heterocycles. The molecule has 0 saturated heterocycles. The summed E-state index contributed by atoms with van der Waals surface area (Å²) < 4.78 is 33.4. The second-order valence-electron chi connectivity index (χ2n) is 6.81. The third-order valence-electron chi connectivity index (χ3n) is 4.66. The summed E-state index contributed by atoms with van der Waals surface area (Å²) in [5.74, 6) is -0.569. The highest BCUT2D eigenvalue weighted by Gasteiger charge is 2.15. The molecule has 0 aliphatic heterocycles. The van der Waals surface area contributed by atoms with E-state index in [4.69, 9.17) is 4.74 Å². The number of nitrogens with zero attached hydrogens (tertiary/aromatic N) is 3. The number of methoxy groups -OCH3 is 1. The Balaban J connectivity index is 1.59. The molecule has 0 bridgehead atoms. The zero-order valence-electron chi connectivity index (χ0n) is 16.8. The Bertz CT molecular complexity index is 1240. The highest BCUT2D eigenvalue weighted by Crippen LogP contribution is 2.24. The van der Waals surface area contributed by atoms with Gasteiger partial charge < -0.3 is 10.1 Å². The smallest absolute Gasteiger partial charge is 0.336 e. The van der Waals surface area contributed by atoms with E-state index in [0.29, 0.717) is 33.9 Å². The van der Waals surface area contributed by atoms with Crippen LogP contribution in [0.3, 0.4) is 0 Å². The van der Waals surface area contributed by atoms with Crippen LogP contribution in [0, 0.1) is 18.6 Å². The van der Waals surface area contributed by atoms with Crippen LogP contribution in [-0.2, 0) is 0 Å². The SMILES string of the molecule is COc1nc(-c2ccc(F)cc2)n(-c2ccc(NC(=O)c3ccc(F)c(C)c3)cc2)n1. The zero-order valence-corrected chi connectivity index (χ0v) is 16.8. The lowest BCUT2D eigenvalue weighted by molar-refractivity contribution is 0.102. The Labute approximate surface area is 177 Å². The standard InChI is InChI=1S/C23H18F2N4O2/c1-14-13-16(5-12-20(14)25)22(30)26-18-8-10-19(11-9-18)29-21(27-23(28-29)31-2)15-3-6-17(24)7-4-15/h3-13H,1-2H3,(H,26,30). The maximum Gasteiger partial charge on any atom is 0.336 e. The molecule has 6 nitrogen and oxygen atoms in total. The molecule has 31 heavy (non-hydrogen) atoms. The van der Waals surface area contributed by atoms with E-state index in [9.17, 15) is 13.6 Å². The molecule has 4 rings (SSSR count). The van der Waals surface area contributed by atoms with E-state index in [1.807, 2.05) is 0 Å². The highest BCUT2D eigenvalue weighted by atomic mass is 19.1. The van der Waals surface area contributed by atoms with Gasteiger partial charge in [-0.2, -0.15) is 4.98 Å². The molecule has 0 fully saturated rings. The predicted molar refractivity (Wildman–Crippen MR) is 112 cm³/mol. The van der Waals surface area contributed by atoms with Crippen LogP contribution in [0.25, 0.3) is 17.1 Å². The second kappa shape index (κ2) is 8.35.